The SMILES string of the molecule is CCOC(=O)c1c(C(C)=O)nn(-c2ccc(Cl)cc2)c1C. The van der Waals surface area contributed by atoms with E-state index in [2.05, 4.69) is 5.10 Å². The number of nitrogens with zero attached hydrogens (tertiary/aromatic N) is 2. The maximum absolute atomic E-state index is 12.0. The molecule has 0 N–H and O–H groups in total. The average molecular weight is 307 g/mol. The summed E-state index contributed by atoms with van der Waals surface area (Å²) in [4.78, 5) is 23.8. The third-order valence-corrected chi connectivity index (χ3v) is 3.25. The normalized spacial score (nSPS) is 10.5. The number of halogens is 1. The van der Waals surface area contributed by atoms with Crippen molar-refractivity contribution in [2.45, 2.75) is 20.8 Å². The van der Waals surface area contributed by atoms with Crippen molar-refractivity contribution < 1.29 is 14.3 Å². The standard InChI is InChI=1S/C15H15ClN2O3/c1-4-21-15(20)13-9(2)18(17-14(13)10(3)19)12-7-5-11(16)6-8-12/h5-8H,4H2,1-3H3. The molecule has 0 unspecified atom stereocenters. The van der Waals surface area contributed by atoms with Crippen molar-refractivity contribution in [3.8, 4) is 5.69 Å². The molecule has 0 bridgehead atoms. The molecular weight excluding hydrogens is 292 g/mol. The van der Waals surface area contributed by atoms with E-state index in [1.54, 1.807) is 42.8 Å². The molecule has 0 radical (unpaired) electrons. The van der Waals surface area contributed by atoms with Crippen molar-refractivity contribution in [3.63, 3.8) is 0 Å². The summed E-state index contributed by atoms with van der Waals surface area (Å²) in [5.41, 5.74) is 1.59. The first kappa shape index (κ1) is 15.3. The first-order valence-corrected chi connectivity index (χ1v) is 6.87. The Labute approximate surface area is 127 Å². The molecule has 110 valence electrons. The summed E-state index contributed by atoms with van der Waals surface area (Å²) in [6.07, 6.45) is 0. The summed E-state index contributed by atoms with van der Waals surface area (Å²) >= 11 is 5.86. The third kappa shape index (κ3) is 2.97. The number of Topliss-reactive ketones (excluding diaryl/α,β-unsaturated/α-hetero) is 1. The minimum atomic E-state index is -0.541. The Bertz CT molecular complexity index is 690. The molecule has 2 rings (SSSR count). The number of carbonyl (C=O) groups is 2. The number of hydrogen-bond acceptors (Lipinski definition) is 4. The fourth-order valence-electron chi connectivity index (χ4n) is 2.03. The molecule has 0 saturated heterocycles. The lowest BCUT2D eigenvalue weighted by atomic mass is 10.1. The molecule has 2 aromatic rings. The van der Waals surface area contributed by atoms with E-state index >= 15 is 0 Å². The van der Waals surface area contributed by atoms with E-state index in [0.717, 1.165) is 5.69 Å². The van der Waals surface area contributed by atoms with Crippen LogP contribution >= 0.6 is 11.6 Å². The van der Waals surface area contributed by atoms with Gasteiger partial charge in [0.2, 0.25) is 0 Å². The van der Waals surface area contributed by atoms with E-state index in [1.807, 2.05) is 0 Å². The van der Waals surface area contributed by atoms with Gasteiger partial charge in [-0.1, -0.05) is 11.6 Å². The van der Waals surface area contributed by atoms with Gasteiger partial charge in [-0.3, -0.25) is 4.79 Å². The van der Waals surface area contributed by atoms with Crippen LogP contribution in [0.2, 0.25) is 5.02 Å². The summed E-state index contributed by atoms with van der Waals surface area (Å²) in [6, 6.07) is 6.97. The maximum Gasteiger partial charge on any atom is 0.342 e. The molecule has 0 saturated carbocycles. The van der Waals surface area contributed by atoms with E-state index in [0.29, 0.717) is 10.7 Å². The van der Waals surface area contributed by atoms with Crippen molar-refractivity contribution in [1.29, 1.82) is 0 Å². The number of hydrogen-bond donors (Lipinski definition) is 0. The number of benzene rings is 1. The Hall–Kier alpha value is -2.14. The molecule has 6 heteroatoms. The zero-order chi connectivity index (χ0) is 15.6. The fraction of sp³-hybridized carbons (Fsp3) is 0.267. The van der Waals surface area contributed by atoms with Crippen LogP contribution in [0.4, 0.5) is 0 Å². The van der Waals surface area contributed by atoms with Gasteiger partial charge < -0.3 is 4.74 Å². The van der Waals surface area contributed by atoms with E-state index < -0.39 is 5.97 Å². The lowest BCUT2D eigenvalue weighted by Gasteiger charge is -2.05. The smallest absolute Gasteiger partial charge is 0.342 e. The molecule has 0 spiro atoms. The van der Waals surface area contributed by atoms with Gasteiger partial charge in [0.05, 0.1) is 18.0 Å². The summed E-state index contributed by atoms with van der Waals surface area (Å²) < 4.78 is 6.54. The van der Waals surface area contributed by atoms with E-state index in [1.165, 1.54) is 6.92 Å². The highest BCUT2D eigenvalue weighted by molar-refractivity contribution is 6.30. The highest BCUT2D eigenvalue weighted by Crippen LogP contribution is 2.21. The van der Waals surface area contributed by atoms with Crippen LogP contribution in [0.1, 0.15) is 40.4 Å². The largest absolute Gasteiger partial charge is 0.462 e. The lowest BCUT2D eigenvalue weighted by molar-refractivity contribution is 0.0522. The highest BCUT2D eigenvalue weighted by Gasteiger charge is 2.25. The van der Waals surface area contributed by atoms with Crippen molar-refractivity contribution in [2.24, 2.45) is 0 Å². The first-order chi connectivity index (χ1) is 9.95. The van der Waals surface area contributed by atoms with Crippen LogP contribution < -0.4 is 0 Å². The zero-order valence-electron chi connectivity index (χ0n) is 12.0. The van der Waals surface area contributed by atoms with E-state index in [4.69, 9.17) is 16.3 Å². The Balaban J connectivity index is 2.59. The van der Waals surface area contributed by atoms with Gasteiger partial charge in [-0.15, -0.1) is 0 Å². The van der Waals surface area contributed by atoms with Gasteiger partial charge in [0.1, 0.15) is 11.3 Å². The second-order valence-electron chi connectivity index (χ2n) is 4.47. The number of ether oxygens (including phenoxy) is 1. The van der Waals surface area contributed by atoms with Gasteiger partial charge in [-0.2, -0.15) is 5.10 Å². The summed E-state index contributed by atoms with van der Waals surface area (Å²) in [5, 5.41) is 4.83. The Morgan fingerprint density at radius 2 is 1.90 bits per heavy atom. The van der Waals surface area contributed by atoms with E-state index in [9.17, 15) is 9.59 Å². The first-order valence-electron chi connectivity index (χ1n) is 6.49. The number of esters is 1. The number of ketones is 1. The van der Waals surface area contributed by atoms with Crippen LogP contribution in [0.3, 0.4) is 0 Å². The van der Waals surface area contributed by atoms with Crippen molar-refractivity contribution in [3.05, 3.63) is 46.2 Å². The summed E-state index contributed by atoms with van der Waals surface area (Å²) in [6.45, 7) is 5.04. The minimum Gasteiger partial charge on any atom is -0.462 e. The average Bonchev–Trinajstić information content (AvgIpc) is 2.78. The van der Waals surface area contributed by atoms with Crippen molar-refractivity contribution >= 4 is 23.4 Å². The van der Waals surface area contributed by atoms with Gasteiger partial charge >= 0.3 is 5.97 Å². The zero-order valence-corrected chi connectivity index (χ0v) is 12.8. The van der Waals surface area contributed by atoms with Crippen molar-refractivity contribution in [1.82, 2.24) is 9.78 Å². The minimum absolute atomic E-state index is 0.112. The highest BCUT2D eigenvalue weighted by atomic mass is 35.5. The molecule has 0 atom stereocenters. The Morgan fingerprint density at radius 1 is 1.29 bits per heavy atom. The second kappa shape index (κ2) is 6.10. The van der Waals surface area contributed by atoms with Gasteiger partial charge in [-0.25, -0.2) is 9.48 Å². The predicted molar refractivity (Wildman–Crippen MR) is 79.3 cm³/mol. The Kier molecular flexibility index (Phi) is 4.43. The molecule has 0 aliphatic heterocycles. The van der Waals surface area contributed by atoms with Crippen LogP contribution in [0, 0.1) is 6.92 Å². The summed E-state index contributed by atoms with van der Waals surface area (Å²) in [7, 11) is 0. The fourth-order valence-corrected chi connectivity index (χ4v) is 2.16. The third-order valence-electron chi connectivity index (χ3n) is 3.00. The molecule has 0 aliphatic rings. The predicted octanol–water partition coefficient (Wildman–Crippen LogP) is 3.21. The van der Waals surface area contributed by atoms with Crippen LogP contribution in [-0.2, 0) is 4.74 Å². The van der Waals surface area contributed by atoms with Gasteiger partial charge in [0.25, 0.3) is 0 Å². The molecule has 0 fully saturated rings. The van der Waals surface area contributed by atoms with Gasteiger partial charge in [0.15, 0.2) is 5.78 Å². The van der Waals surface area contributed by atoms with Gasteiger partial charge in [-0.05, 0) is 38.1 Å². The maximum atomic E-state index is 12.0. The van der Waals surface area contributed by atoms with E-state index in [-0.39, 0.29) is 23.6 Å². The van der Waals surface area contributed by atoms with Crippen LogP contribution in [0.15, 0.2) is 24.3 Å². The van der Waals surface area contributed by atoms with Gasteiger partial charge in [0, 0.05) is 11.9 Å². The molecule has 21 heavy (non-hydrogen) atoms. The van der Waals surface area contributed by atoms with Crippen LogP contribution in [0.25, 0.3) is 5.69 Å². The molecule has 1 aromatic heterocycles. The van der Waals surface area contributed by atoms with Crippen molar-refractivity contribution in [2.75, 3.05) is 6.61 Å². The molecule has 1 aromatic carbocycles. The van der Waals surface area contributed by atoms with Crippen LogP contribution in [0.5, 0.6) is 0 Å². The second-order valence-corrected chi connectivity index (χ2v) is 4.91. The topological polar surface area (TPSA) is 61.2 Å². The summed E-state index contributed by atoms with van der Waals surface area (Å²) in [5.74, 6) is -0.825. The van der Waals surface area contributed by atoms with Crippen LogP contribution in [-0.4, -0.2) is 28.1 Å². The Morgan fingerprint density at radius 3 is 2.43 bits per heavy atom. The molecular formula is C15H15ClN2O3. The molecule has 1 heterocycles. The number of carbonyl (C=O) groups excluding carboxylic acids is 2. The monoisotopic (exact) mass is 306 g/mol. The quantitative estimate of drug-likeness (QED) is 0.643. The molecule has 5 nitrogen and oxygen atoms in total. The number of rotatable bonds is 4. The number of aromatic nitrogens is 2. The lowest BCUT2D eigenvalue weighted by Crippen LogP contribution is -2.10. The molecule has 0 amide bonds. The molecule has 0 aliphatic carbocycles.